The minimum absolute atomic E-state index is 0.682. The molecule has 4 aromatic rings. The highest BCUT2D eigenvalue weighted by Gasteiger charge is 2.18. The molecule has 0 atom stereocenters. The van der Waals surface area contributed by atoms with E-state index in [0.717, 1.165) is 27.6 Å². The fourth-order valence-electron chi connectivity index (χ4n) is 3.23. The van der Waals surface area contributed by atoms with Crippen molar-refractivity contribution in [2.45, 2.75) is 27.7 Å². The van der Waals surface area contributed by atoms with E-state index in [1.165, 1.54) is 22.3 Å². The van der Waals surface area contributed by atoms with E-state index in [0.29, 0.717) is 5.71 Å². The van der Waals surface area contributed by atoms with Gasteiger partial charge in [0.05, 0.1) is 5.69 Å². The minimum Gasteiger partial charge on any atom is -0.437 e. The summed E-state index contributed by atoms with van der Waals surface area (Å²) in [7, 11) is 0. The van der Waals surface area contributed by atoms with Gasteiger partial charge in [-0.2, -0.15) is 0 Å². The number of aryl methyl sites for hydroxylation is 4. The fourth-order valence-corrected chi connectivity index (χ4v) is 3.23. The van der Waals surface area contributed by atoms with Gasteiger partial charge >= 0.3 is 0 Å². The second-order valence-electron chi connectivity index (χ2n) is 6.20. The number of hydrogen-bond acceptors (Lipinski definition) is 3. The molecule has 23 heavy (non-hydrogen) atoms. The first-order valence-corrected chi connectivity index (χ1v) is 7.77. The van der Waals surface area contributed by atoms with Crippen LogP contribution in [0.25, 0.3) is 33.3 Å². The maximum Gasteiger partial charge on any atom is 0.227 e. The molecule has 0 radical (unpaired) electrons. The molecule has 0 N–H and O–H groups in total. The van der Waals surface area contributed by atoms with E-state index >= 15 is 0 Å². The Labute approximate surface area is 135 Å². The van der Waals surface area contributed by atoms with Crippen molar-refractivity contribution in [3.63, 3.8) is 0 Å². The van der Waals surface area contributed by atoms with Crippen molar-refractivity contribution in [2.75, 3.05) is 0 Å². The summed E-state index contributed by atoms with van der Waals surface area (Å²) >= 11 is 0. The molecule has 1 aromatic carbocycles. The molecule has 0 aliphatic carbocycles. The summed E-state index contributed by atoms with van der Waals surface area (Å²) < 4.78 is 6.12. The fraction of sp³-hybridized carbons (Fsp3) is 0.200. The third-order valence-corrected chi connectivity index (χ3v) is 4.54. The van der Waals surface area contributed by atoms with Crippen LogP contribution in [0.5, 0.6) is 0 Å². The molecule has 0 unspecified atom stereocenters. The summed E-state index contributed by atoms with van der Waals surface area (Å²) in [5, 5.41) is 2.19. The minimum atomic E-state index is 0.682. The zero-order chi connectivity index (χ0) is 16.1. The zero-order valence-electron chi connectivity index (χ0n) is 13.8. The molecule has 0 bridgehead atoms. The van der Waals surface area contributed by atoms with E-state index in [4.69, 9.17) is 4.42 Å². The van der Waals surface area contributed by atoms with Crippen LogP contribution in [-0.4, -0.2) is 9.97 Å². The Morgan fingerprint density at radius 3 is 2.48 bits per heavy atom. The molecule has 0 aliphatic rings. The Morgan fingerprint density at radius 2 is 1.70 bits per heavy atom. The van der Waals surface area contributed by atoms with Crippen molar-refractivity contribution in [1.82, 2.24) is 9.97 Å². The van der Waals surface area contributed by atoms with Gasteiger partial charge in [0.25, 0.3) is 0 Å². The van der Waals surface area contributed by atoms with Crippen LogP contribution in [0.3, 0.4) is 0 Å². The second kappa shape index (κ2) is 4.92. The highest BCUT2D eigenvalue weighted by molar-refractivity contribution is 6.10. The van der Waals surface area contributed by atoms with Crippen LogP contribution in [0.2, 0.25) is 0 Å². The summed E-state index contributed by atoms with van der Waals surface area (Å²) in [6.45, 7) is 8.42. The molecule has 0 saturated carbocycles. The number of fused-ring (bicyclic) bond motifs is 3. The first-order chi connectivity index (χ1) is 11.1. The third-order valence-electron chi connectivity index (χ3n) is 4.54. The zero-order valence-corrected chi connectivity index (χ0v) is 13.8. The summed E-state index contributed by atoms with van der Waals surface area (Å²) in [5.41, 5.74) is 8.38. The Balaban J connectivity index is 2.15. The molecule has 114 valence electrons. The molecule has 3 heterocycles. The highest BCUT2D eigenvalue weighted by Crippen LogP contribution is 2.38. The topological polar surface area (TPSA) is 38.9 Å². The summed E-state index contributed by atoms with van der Waals surface area (Å²) in [5.74, 6) is 0. The molecule has 0 fully saturated rings. The van der Waals surface area contributed by atoms with Gasteiger partial charge in [0.1, 0.15) is 5.58 Å². The van der Waals surface area contributed by atoms with Crippen molar-refractivity contribution in [3.8, 4) is 11.3 Å². The number of pyridine rings is 2. The normalized spacial score (nSPS) is 11.5. The van der Waals surface area contributed by atoms with Crippen molar-refractivity contribution in [2.24, 2.45) is 0 Å². The Morgan fingerprint density at radius 1 is 0.870 bits per heavy atom. The van der Waals surface area contributed by atoms with Crippen LogP contribution in [0.15, 0.2) is 41.1 Å². The molecule has 0 saturated heterocycles. The van der Waals surface area contributed by atoms with Crippen LogP contribution in [0, 0.1) is 27.7 Å². The van der Waals surface area contributed by atoms with Gasteiger partial charge in [0.15, 0.2) is 0 Å². The van der Waals surface area contributed by atoms with Gasteiger partial charge in [-0.05, 0) is 68.1 Å². The van der Waals surface area contributed by atoms with Gasteiger partial charge in [0, 0.05) is 28.7 Å². The summed E-state index contributed by atoms with van der Waals surface area (Å²) in [6, 6.07) is 8.35. The summed E-state index contributed by atoms with van der Waals surface area (Å²) in [6.07, 6.45) is 3.69. The highest BCUT2D eigenvalue weighted by atomic mass is 16.3. The predicted octanol–water partition coefficient (Wildman–Crippen LogP) is 5.28. The molecule has 0 aliphatic heterocycles. The van der Waals surface area contributed by atoms with E-state index in [9.17, 15) is 0 Å². The second-order valence-corrected chi connectivity index (χ2v) is 6.20. The average molecular weight is 302 g/mol. The van der Waals surface area contributed by atoms with Gasteiger partial charge in [-0.3, -0.25) is 4.98 Å². The molecule has 3 aromatic heterocycles. The standard InChI is InChI=1S/C20H18N2O/c1-11-9-16(22-10-14(11)4)18-13(3)8-12(2)17-15-6-5-7-21-20(15)23-19(17)18/h5-10H,1-4H3. The molecule has 3 heteroatoms. The number of furan rings is 1. The van der Waals surface area contributed by atoms with Crippen molar-refractivity contribution >= 4 is 22.1 Å². The lowest BCUT2D eigenvalue weighted by molar-refractivity contribution is 0.654. The van der Waals surface area contributed by atoms with Crippen LogP contribution in [0.1, 0.15) is 22.3 Å². The first kappa shape index (κ1) is 13.9. The lowest BCUT2D eigenvalue weighted by Crippen LogP contribution is -1.92. The van der Waals surface area contributed by atoms with Gasteiger partial charge in [-0.25, -0.2) is 4.98 Å². The van der Waals surface area contributed by atoms with Crippen LogP contribution in [0.4, 0.5) is 0 Å². The predicted molar refractivity (Wildman–Crippen MR) is 93.7 cm³/mol. The average Bonchev–Trinajstić information content (AvgIpc) is 2.90. The first-order valence-electron chi connectivity index (χ1n) is 7.77. The third kappa shape index (κ3) is 2.04. The SMILES string of the molecule is Cc1cnc(-c2c(C)cc(C)c3c2oc2ncccc23)cc1C. The van der Waals surface area contributed by atoms with Crippen molar-refractivity contribution in [1.29, 1.82) is 0 Å². The number of rotatable bonds is 1. The molecule has 3 nitrogen and oxygen atoms in total. The number of benzene rings is 1. The monoisotopic (exact) mass is 302 g/mol. The number of aromatic nitrogens is 2. The largest absolute Gasteiger partial charge is 0.437 e. The number of hydrogen-bond donors (Lipinski definition) is 0. The number of nitrogens with zero attached hydrogens (tertiary/aromatic N) is 2. The van der Waals surface area contributed by atoms with Gasteiger partial charge in [-0.15, -0.1) is 0 Å². The quantitative estimate of drug-likeness (QED) is 0.480. The Kier molecular flexibility index (Phi) is 2.98. The van der Waals surface area contributed by atoms with Crippen molar-refractivity contribution < 1.29 is 4.42 Å². The van der Waals surface area contributed by atoms with E-state index in [2.05, 4.69) is 55.9 Å². The Hall–Kier alpha value is -2.68. The van der Waals surface area contributed by atoms with Gasteiger partial charge < -0.3 is 4.42 Å². The lowest BCUT2D eigenvalue weighted by atomic mass is 9.96. The summed E-state index contributed by atoms with van der Waals surface area (Å²) in [4.78, 5) is 9.01. The maximum absolute atomic E-state index is 6.12. The van der Waals surface area contributed by atoms with Gasteiger partial charge in [-0.1, -0.05) is 6.07 Å². The smallest absolute Gasteiger partial charge is 0.227 e. The molecule has 0 spiro atoms. The molecular formula is C20H18N2O. The maximum atomic E-state index is 6.12. The molecule has 0 amide bonds. The van der Waals surface area contributed by atoms with Crippen LogP contribution < -0.4 is 0 Å². The Bertz CT molecular complexity index is 1060. The van der Waals surface area contributed by atoms with Gasteiger partial charge in [0.2, 0.25) is 5.71 Å². The molecule has 4 rings (SSSR count). The van der Waals surface area contributed by atoms with E-state index in [1.54, 1.807) is 6.20 Å². The van der Waals surface area contributed by atoms with E-state index in [1.807, 2.05) is 12.3 Å². The molecular weight excluding hydrogens is 284 g/mol. The van der Waals surface area contributed by atoms with Crippen LogP contribution >= 0.6 is 0 Å². The van der Waals surface area contributed by atoms with E-state index < -0.39 is 0 Å². The van der Waals surface area contributed by atoms with Crippen LogP contribution in [-0.2, 0) is 0 Å². The van der Waals surface area contributed by atoms with E-state index in [-0.39, 0.29) is 0 Å². The lowest BCUT2D eigenvalue weighted by Gasteiger charge is -2.10. The van der Waals surface area contributed by atoms with Crippen molar-refractivity contribution in [3.05, 3.63) is 58.9 Å².